The lowest BCUT2D eigenvalue weighted by molar-refractivity contribution is -0.929. The summed E-state index contributed by atoms with van der Waals surface area (Å²) in [7, 11) is 0. The molecule has 0 radical (unpaired) electrons. The van der Waals surface area contributed by atoms with Gasteiger partial charge in [0.1, 0.15) is 17.7 Å². The van der Waals surface area contributed by atoms with E-state index in [4.69, 9.17) is 0 Å². The van der Waals surface area contributed by atoms with Crippen molar-refractivity contribution in [3.63, 3.8) is 0 Å². The van der Waals surface area contributed by atoms with E-state index in [2.05, 4.69) is 29.6 Å². The van der Waals surface area contributed by atoms with Gasteiger partial charge in [0.15, 0.2) is 0 Å². The van der Waals surface area contributed by atoms with Crippen molar-refractivity contribution in [2.75, 3.05) is 31.5 Å². The van der Waals surface area contributed by atoms with Crippen LogP contribution in [0.25, 0.3) is 0 Å². The van der Waals surface area contributed by atoms with E-state index in [0.29, 0.717) is 13.1 Å². The maximum Gasteiger partial charge on any atom is 0.322 e. The van der Waals surface area contributed by atoms with Crippen molar-refractivity contribution in [1.82, 2.24) is 4.90 Å². The third-order valence-electron chi connectivity index (χ3n) is 5.54. The molecule has 0 atom stereocenters. The minimum atomic E-state index is -0.777. The number of hydrogen-bond donors (Lipinski definition) is 2. The second-order valence-corrected chi connectivity index (χ2v) is 7.45. The van der Waals surface area contributed by atoms with E-state index in [1.165, 1.54) is 22.1 Å². The van der Waals surface area contributed by atoms with Crippen LogP contribution in [0.1, 0.15) is 17.2 Å². The molecule has 4 nitrogen and oxygen atoms in total. The summed E-state index contributed by atoms with van der Waals surface area (Å²) in [5.41, 5.74) is 2.47. The number of hydrogen-bond acceptors (Lipinski definition) is 1. The summed E-state index contributed by atoms with van der Waals surface area (Å²) in [4.78, 5) is 15.6. The van der Waals surface area contributed by atoms with Gasteiger partial charge in [-0.3, -0.25) is 0 Å². The van der Waals surface area contributed by atoms with E-state index in [-0.39, 0.29) is 17.8 Å². The summed E-state index contributed by atoms with van der Waals surface area (Å²) in [6, 6.07) is 23.7. The van der Waals surface area contributed by atoms with Crippen LogP contribution in [-0.4, -0.2) is 37.1 Å². The topological polar surface area (TPSA) is 36.8 Å². The molecule has 2 N–H and O–H groups in total. The van der Waals surface area contributed by atoms with Crippen LogP contribution in [0.15, 0.2) is 78.9 Å². The summed E-state index contributed by atoms with van der Waals surface area (Å²) in [5, 5.41) is 2.55. The Morgan fingerprint density at radius 1 is 0.867 bits per heavy atom. The second-order valence-electron chi connectivity index (χ2n) is 7.45. The fourth-order valence-corrected chi connectivity index (χ4v) is 4.03. The first-order valence-corrected chi connectivity index (χ1v) is 10.1. The Morgan fingerprint density at radius 3 is 1.97 bits per heavy atom. The second kappa shape index (κ2) is 9.05. The Hall–Kier alpha value is -3.25. The van der Waals surface area contributed by atoms with Gasteiger partial charge in [-0.1, -0.05) is 60.7 Å². The fraction of sp³-hybridized carbons (Fsp3) is 0.208. The minimum Gasteiger partial charge on any atom is -0.322 e. The molecule has 1 aliphatic heterocycles. The zero-order valence-electron chi connectivity index (χ0n) is 16.5. The zero-order chi connectivity index (χ0) is 20.9. The first kappa shape index (κ1) is 20.0. The highest BCUT2D eigenvalue weighted by molar-refractivity contribution is 5.89. The van der Waals surface area contributed by atoms with Crippen LogP contribution in [0, 0.1) is 11.6 Å². The Labute approximate surface area is 174 Å². The van der Waals surface area contributed by atoms with E-state index in [9.17, 15) is 13.6 Å². The van der Waals surface area contributed by atoms with Gasteiger partial charge in [0.05, 0.1) is 31.9 Å². The van der Waals surface area contributed by atoms with Crippen molar-refractivity contribution in [3.05, 3.63) is 102 Å². The highest BCUT2D eigenvalue weighted by atomic mass is 19.1. The van der Waals surface area contributed by atoms with Crippen molar-refractivity contribution in [3.8, 4) is 0 Å². The third kappa shape index (κ3) is 4.49. The Bertz CT molecular complexity index is 950. The number of carbonyl (C=O) groups is 1. The zero-order valence-corrected chi connectivity index (χ0v) is 16.5. The average Bonchev–Trinajstić information content (AvgIpc) is 2.78. The van der Waals surface area contributed by atoms with E-state index >= 15 is 0 Å². The summed E-state index contributed by atoms with van der Waals surface area (Å²) < 4.78 is 26.9. The molecular formula is C24H24F2N3O+. The molecule has 0 saturated carbocycles. The van der Waals surface area contributed by atoms with Gasteiger partial charge in [0.2, 0.25) is 0 Å². The number of nitrogens with one attached hydrogen (secondary N) is 2. The van der Waals surface area contributed by atoms with Crippen LogP contribution < -0.4 is 10.2 Å². The molecule has 0 aliphatic carbocycles. The maximum absolute atomic E-state index is 13.8. The lowest BCUT2D eigenvalue weighted by Gasteiger charge is -2.37. The van der Waals surface area contributed by atoms with Crippen LogP contribution in [0.4, 0.5) is 19.3 Å². The van der Waals surface area contributed by atoms with Crippen molar-refractivity contribution < 1.29 is 18.5 Å². The molecule has 2 amide bonds. The lowest BCUT2D eigenvalue weighted by atomic mass is 9.96. The number of carbonyl (C=O) groups excluding carboxylic acids is 1. The standard InChI is InChI=1S/C24H23F2N3O/c25-20-11-12-22(21(26)17-20)27-24(30)29-15-13-28(14-16-29)23(18-7-3-1-4-8-18)19-9-5-2-6-10-19/h1-12,17,23H,13-16H2,(H,27,30)/p+1. The van der Waals surface area contributed by atoms with Crippen molar-refractivity contribution in [2.45, 2.75) is 6.04 Å². The number of anilines is 1. The summed E-state index contributed by atoms with van der Waals surface area (Å²) in [6.07, 6.45) is 0. The Balaban J connectivity index is 1.45. The number of urea groups is 1. The Morgan fingerprint density at radius 2 is 1.43 bits per heavy atom. The number of amides is 2. The van der Waals surface area contributed by atoms with Crippen LogP contribution in [-0.2, 0) is 0 Å². The van der Waals surface area contributed by atoms with Crippen LogP contribution in [0.2, 0.25) is 0 Å². The molecular weight excluding hydrogens is 384 g/mol. The monoisotopic (exact) mass is 408 g/mol. The van der Waals surface area contributed by atoms with Gasteiger partial charge >= 0.3 is 6.03 Å². The van der Waals surface area contributed by atoms with Gasteiger partial charge in [0, 0.05) is 17.2 Å². The SMILES string of the molecule is O=C(Nc1ccc(F)cc1F)N1CC[NH+](C(c2ccccc2)c2ccccc2)CC1. The van der Waals surface area contributed by atoms with Gasteiger partial charge in [-0.05, 0) is 12.1 Å². The van der Waals surface area contributed by atoms with Gasteiger partial charge < -0.3 is 15.1 Å². The quantitative estimate of drug-likeness (QED) is 0.681. The number of piperazine rings is 1. The average molecular weight is 408 g/mol. The van der Waals surface area contributed by atoms with Crippen LogP contribution >= 0.6 is 0 Å². The van der Waals surface area contributed by atoms with Gasteiger partial charge in [-0.2, -0.15) is 0 Å². The molecule has 30 heavy (non-hydrogen) atoms. The summed E-state index contributed by atoms with van der Waals surface area (Å²) in [5.74, 6) is -1.45. The van der Waals surface area contributed by atoms with Crippen LogP contribution in [0.5, 0.6) is 0 Å². The molecule has 1 saturated heterocycles. The van der Waals surface area contributed by atoms with Crippen molar-refractivity contribution in [2.24, 2.45) is 0 Å². The predicted molar refractivity (Wildman–Crippen MR) is 112 cm³/mol. The molecule has 0 bridgehead atoms. The molecule has 154 valence electrons. The summed E-state index contributed by atoms with van der Waals surface area (Å²) in [6.45, 7) is 2.65. The number of benzene rings is 3. The van der Waals surface area contributed by atoms with Gasteiger partial charge in [-0.15, -0.1) is 0 Å². The molecule has 3 aromatic carbocycles. The largest absolute Gasteiger partial charge is 0.322 e. The fourth-order valence-electron chi connectivity index (χ4n) is 4.03. The first-order chi connectivity index (χ1) is 14.6. The first-order valence-electron chi connectivity index (χ1n) is 10.1. The molecule has 4 rings (SSSR count). The number of quaternary nitrogens is 1. The van der Waals surface area contributed by atoms with Crippen molar-refractivity contribution in [1.29, 1.82) is 0 Å². The number of halogens is 2. The number of nitrogens with zero attached hydrogens (tertiary/aromatic N) is 1. The molecule has 1 aliphatic rings. The predicted octanol–water partition coefficient (Wildman–Crippen LogP) is 3.49. The van der Waals surface area contributed by atoms with E-state index in [1.54, 1.807) is 4.90 Å². The maximum atomic E-state index is 13.8. The molecule has 3 aromatic rings. The molecule has 1 heterocycles. The molecule has 6 heteroatoms. The molecule has 0 unspecified atom stereocenters. The molecule has 0 spiro atoms. The van der Waals surface area contributed by atoms with E-state index < -0.39 is 11.6 Å². The summed E-state index contributed by atoms with van der Waals surface area (Å²) >= 11 is 0. The molecule has 0 aromatic heterocycles. The highest BCUT2D eigenvalue weighted by Gasteiger charge is 2.31. The number of rotatable bonds is 4. The van der Waals surface area contributed by atoms with Crippen LogP contribution in [0.3, 0.4) is 0 Å². The van der Waals surface area contributed by atoms with Crippen molar-refractivity contribution >= 4 is 11.7 Å². The smallest absolute Gasteiger partial charge is 0.322 e. The van der Waals surface area contributed by atoms with E-state index in [0.717, 1.165) is 25.2 Å². The van der Waals surface area contributed by atoms with E-state index in [1.807, 2.05) is 36.4 Å². The van der Waals surface area contributed by atoms with Gasteiger partial charge in [-0.25, -0.2) is 13.6 Å². The van der Waals surface area contributed by atoms with Gasteiger partial charge in [0.25, 0.3) is 0 Å². The highest BCUT2D eigenvalue weighted by Crippen LogP contribution is 2.20. The Kier molecular flexibility index (Phi) is 6.05. The minimum absolute atomic E-state index is 0.0115. The third-order valence-corrected chi connectivity index (χ3v) is 5.54. The molecule has 1 fully saturated rings. The normalized spacial score (nSPS) is 14.7. The lowest BCUT2D eigenvalue weighted by Crippen LogP contribution is -3.15.